The van der Waals surface area contributed by atoms with Gasteiger partial charge in [0.25, 0.3) is 0 Å². The molecule has 2 saturated carbocycles. The molecule has 10 heavy (non-hydrogen) atoms. The van der Waals surface area contributed by atoms with Crippen molar-refractivity contribution in [1.82, 2.24) is 0 Å². The van der Waals surface area contributed by atoms with Gasteiger partial charge >= 0.3 is 0 Å². The summed E-state index contributed by atoms with van der Waals surface area (Å²) in [6.45, 7) is 0.905. The van der Waals surface area contributed by atoms with E-state index in [2.05, 4.69) is 0 Å². The van der Waals surface area contributed by atoms with Gasteiger partial charge in [-0.15, -0.1) is 0 Å². The summed E-state index contributed by atoms with van der Waals surface area (Å²) in [6, 6.07) is 0. The van der Waals surface area contributed by atoms with Gasteiger partial charge in [-0.05, 0) is 30.6 Å². The average molecular weight is 142 g/mol. The SMILES string of the molecule is COCC1[C@H]2CC(O)C[C@@H]12. The fourth-order valence-corrected chi connectivity index (χ4v) is 2.39. The standard InChI is InChI=1S/C8H14O2/c1-10-4-8-6-2-5(9)3-7(6)8/h5-9H,2-4H2,1H3/t5?,6-,7+,8?. The van der Waals surface area contributed by atoms with E-state index in [1.54, 1.807) is 7.11 Å². The maximum Gasteiger partial charge on any atom is 0.0546 e. The van der Waals surface area contributed by atoms with Crippen LogP contribution in [0.3, 0.4) is 0 Å². The number of methoxy groups -OCH3 is 1. The Bertz CT molecular complexity index is 116. The zero-order valence-electron chi connectivity index (χ0n) is 6.29. The van der Waals surface area contributed by atoms with Gasteiger partial charge in [0.05, 0.1) is 6.10 Å². The fraction of sp³-hybridized carbons (Fsp3) is 1.00. The van der Waals surface area contributed by atoms with Gasteiger partial charge in [-0.3, -0.25) is 0 Å². The molecule has 0 aromatic rings. The molecule has 0 saturated heterocycles. The first-order valence-corrected chi connectivity index (χ1v) is 4.00. The summed E-state index contributed by atoms with van der Waals surface area (Å²) < 4.78 is 5.06. The van der Waals surface area contributed by atoms with Crippen LogP contribution in [-0.2, 0) is 4.74 Å². The number of rotatable bonds is 2. The highest BCUT2D eigenvalue weighted by Crippen LogP contribution is 2.57. The summed E-state index contributed by atoms with van der Waals surface area (Å²) in [4.78, 5) is 0. The topological polar surface area (TPSA) is 29.5 Å². The lowest BCUT2D eigenvalue weighted by molar-refractivity contribution is 0.133. The largest absolute Gasteiger partial charge is 0.393 e. The van der Waals surface area contributed by atoms with Crippen molar-refractivity contribution in [2.45, 2.75) is 18.9 Å². The van der Waals surface area contributed by atoms with Crippen LogP contribution in [-0.4, -0.2) is 24.9 Å². The Kier molecular flexibility index (Phi) is 1.46. The number of aliphatic hydroxyl groups excluding tert-OH is 1. The van der Waals surface area contributed by atoms with Crippen molar-refractivity contribution in [3.63, 3.8) is 0 Å². The van der Waals surface area contributed by atoms with Crippen LogP contribution in [0.4, 0.5) is 0 Å². The zero-order valence-corrected chi connectivity index (χ0v) is 6.29. The third kappa shape index (κ3) is 0.867. The molecule has 1 N–H and O–H groups in total. The number of ether oxygens (including phenoxy) is 1. The third-order valence-electron chi connectivity index (χ3n) is 2.96. The van der Waals surface area contributed by atoms with E-state index in [-0.39, 0.29) is 6.10 Å². The first kappa shape index (κ1) is 6.62. The van der Waals surface area contributed by atoms with Gasteiger partial charge in [-0.2, -0.15) is 0 Å². The van der Waals surface area contributed by atoms with Gasteiger partial charge < -0.3 is 9.84 Å². The van der Waals surface area contributed by atoms with Crippen molar-refractivity contribution in [3.05, 3.63) is 0 Å². The Morgan fingerprint density at radius 1 is 1.40 bits per heavy atom. The van der Waals surface area contributed by atoms with E-state index in [1.807, 2.05) is 0 Å². The molecule has 2 aliphatic rings. The van der Waals surface area contributed by atoms with Crippen molar-refractivity contribution in [2.75, 3.05) is 13.7 Å². The third-order valence-corrected chi connectivity index (χ3v) is 2.96. The molecule has 2 rings (SSSR count). The maximum absolute atomic E-state index is 9.18. The first-order chi connectivity index (χ1) is 4.83. The van der Waals surface area contributed by atoms with Crippen LogP contribution in [0.25, 0.3) is 0 Å². The van der Waals surface area contributed by atoms with E-state index in [0.717, 1.165) is 37.2 Å². The minimum Gasteiger partial charge on any atom is -0.393 e. The molecule has 2 aliphatic carbocycles. The molecule has 2 nitrogen and oxygen atoms in total. The molecule has 0 aliphatic heterocycles. The summed E-state index contributed by atoms with van der Waals surface area (Å²) in [5.41, 5.74) is 0. The molecule has 0 aromatic heterocycles. The van der Waals surface area contributed by atoms with Crippen LogP contribution in [0.1, 0.15) is 12.8 Å². The molecule has 58 valence electrons. The van der Waals surface area contributed by atoms with Gasteiger partial charge in [0, 0.05) is 13.7 Å². The van der Waals surface area contributed by atoms with E-state index in [9.17, 15) is 5.11 Å². The Morgan fingerprint density at radius 2 is 2.00 bits per heavy atom. The molecule has 2 heteroatoms. The second-order valence-electron chi connectivity index (χ2n) is 3.57. The second-order valence-corrected chi connectivity index (χ2v) is 3.57. The van der Waals surface area contributed by atoms with Crippen molar-refractivity contribution < 1.29 is 9.84 Å². The Morgan fingerprint density at radius 3 is 2.50 bits per heavy atom. The van der Waals surface area contributed by atoms with Crippen LogP contribution in [0.2, 0.25) is 0 Å². The number of fused-ring (bicyclic) bond motifs is 1. The highest BCUT2D eigenvalue weighted by molar-refractivity contribution is 5.03. The van der Waals surface area contributed by atoms with Gasteiger partial charge in [-0.25, -0.2) is 0 Å². The normalized spacial score (nSPS) is 51.0. The van der Waals surface area contributed by atoms with E-state index in [4.69, 9.17) is 4.74 Å². The van der Waals surface area contributed by atoms with Crippen molar-refractivity contribution in [3.8, 4) is 0 Å². The first-order valence-electron chi connectivity index (χ1n) is 4.00. The monoisotopic (exact) mass is 142 g/mol. The predicted octanol–water partition coefficient (Wildman–Crippen LogP) is 0.650. The zero-order chi connectivity index (χ0) is 7.14. The average Bonchev–Trinajstić information content (AvgIpc) is 2.43. The molecule has 0 aromatic carbocycles. The Labute approximate surface area is 61.2 Å². The van der Waals surface area contributed by atoms with E-state index in [1.165, 1.54) is 0 Å². The lowest BCUT2D eigenvalue weighted by Gasteiger charge is -2.05. The van der Waals surface area contributed by atoms with Crippen LogP contribution in [0, 0.1) is 17.8 Å². The summed E-state index contributed by atoms with van der Waals surface area (Å²) in [7, 11) is 1.75. The van der Waals surface area contributed by atoms with Gasteiger partial charge in [0.2, 0.25) is 0 Å². The van der Waals surface area contributed by atoms with E-state index in [0.29, 0.717) is 0 Å². The summed E-state index contributed by atoms with van der Waals surface area (Å²) in [6.07, 6.45) is 2.06. The summed E-state index contributed by atoms with van der Waals surface area (Å²) in [5, 5.41) is 9.18. The molecule has 0 radical (unpaired) electrons. The van der Waals surface area contributed by atoms with Crippen molar-refractivity contribution in [1.29, 1.82) is 0 Å². The van der Waals surface area contributed by atoms with Gasteiger partial charge in [0.1, 0.15) is 0 Å². The quantitative estimate of drug-likeness (QED) is 0.613. The minimum atomic E-state index is 0.00288. The lowest BCUT2D eigenvalue weighted by atomic mass is 10.1. The van der Waals surface area contributed by atoms with Crippen LogP contribution in [0.5, 0.6) is 0 Å². The number of hydrogen-bond acceptors (Lipinski definition) is 2. The van der Waals surface area contributed by atoms with E-state index < -0.39 is 0 Å². The van der Waals surface area contributed by atoms with Gasteiger partial charge in [0.15, 0.2) is 0 Å². The molecular formula is C8H14O2. The Hall–Kier alpha value is -0.0800. The molecule has 0 bridgehead atoms. The molecule has 4 atom stereocenters. The highest BCUT2D eigenvalue weighted by Gasteiger charge is 2.55. The smallest absolute Gasteiger partial charge is 0.0546 e. The predicted molar refractivity (Wildman–Crippen MR) is 37.6 cm³/mol. The Balaban J connectivity index is 1.81. The molecule has 2 unspecified atom stereocenters. The molecule has 0 heterocycles. The molecule has 2 fully saturated rings. The summed E-state index contributed by atoms with van der Waals surface area (Å²) >= 11 is 0. The highest BCUT2D eigenvalue weighted by atomic mass is 16.5. The number of hydrogen-bond donors (Lipinski definition) is 1. The molecule has 0 spiro atoms. The van der Waals surface area contributed by atoms with Crippen LogP contribution in [0.15, 0.2) is 0 Å². The van der Waals surface area contributed by atoms with Crippen molar-refractivity contribution in [2.24, 2.45) is 17.8 Å². The maximum atomic E-state index is 9.18. The van der Waals surface area contributed by atoms with Crippen LogP contribution < -0.4 is 0 Å². The molecule has 0 amide bonds. The van der Waals surface area contributed by atoms with Crippen LogP contribution >= 0.6 is 0 Å². The fourth-order valence-electron chi connectivity index (χ4n) is 2.39. The minimum absolute atomic E-state index is 0.00288. The summed E-state index contributed by atoms with van der Waals surface area (Å²) in [5.74, 6) is 2.39. The lowest BCUT2D eigenvalue weighted by Crippen LogP contribution is -2.07. The second kappa shape index (κ2) is 2.21. The van der Waals surface area contributed by atoms with E-state index >= 15 is 0 Å². The molecular weight excluding hydrogens is 128 g/mol. The number of aliphatic hydroxyl groups is 1. The van der Waals surface area contributed by atoms with Crippen molar-refractivity contribution >= 4 is 0 Å². The van der Waals surface area contributed by atoms with Gasteiger partial charge in [-0.1, -0.05) is 0 Å².